The smallest absolute Gasteiger partial charge is 0.320 e. The summed E-state index contributed by atoms with van der Waals surface area (Å²) in [6, 6.07) is 4.26. The Kier molecular flexibility index (Phi) is 4.77. The first-order chi connectivity index (χ1) is 13.0. The molecule has 0 aliphatic carbocycles. The van der Waals surface area contributed by atoms with Gasteiger partial charge in [0.15, 0.2) is 17.5 Å². The first kappa shape index (κ1) is 17.8. The zero-order valence-corrected chi connectivity index (χ0v) is 15.1. The van der Waals surface area contributed by atoms with E-state index in [2.05, 4.69) is 15.0 Å². The van der Waals surface area contributed by atoms with Crippen molar-refractivity contribution in [3.8, 4) is 0 Å². The number of carbonyl (C=O) groups excluding carboxylic acids is 1. The fraction of sp³-hybridized carbons (Fsp3) is 0.500. The SMILES string of the molecule is Cc1noc(CN2CCN([C@H]3CCN(Cc4cccc(F)c4F)C3)C2=O)n1. The highest BCUT2D eigenvalue weighted by Gasteiger charge is 2.37. The van der Waals surface area contributed by atoms with Crippen LogP contribution in [0.2, 0.25) is 0 Å². The van der Waals surface area contributed by atoms with Crippen LogP contribution in [0.1, 0.15) is 23.7 Å². The van der Waals surface area contributed by atoms with Crippen molar-refractivity contribution in [3.63, 3.8) is 0 Å². The molecule has 1 aromatic carbocycles. The summed E-state index contributed by atoms with van der Waals surface area (Å²) in [4.78, 5) is 22.4. The Morgan fingerprint density at radius 2 is 2.07 bits per heavy atom. The van der Waals surface area contributed by atoms with Crippen LogP contribution in [0.3, 0.4) is 0 Å². The molecular weight excluding hydrogens is 356 g/mol. The summed E-state index contributed by atoms with van der Waals surface area (Å²) in [5.41, 5.74) is 0.344. The summed E-state index contributed by atoms with van der Waals surface area (Å²) in [5.74, 6) is -0.647. The van der Waals surface area contributed by atoms with Crippen LogP contribution in [0.5, 0.6) is 0 Å². The van der Waals surface area contributed by atoms with Crippen LogP contribution >= 0.6 is 0 Å². The van der Waals surface area contributed by atoms with Crippen LogP contribution in [-0.2, 0) is 13.1 Å². The second kappa shape index (κ2) is 7.22. The Morgan fingerprint density at radius 3 is 2.85 bits per heavy atom. The fourth-order valence-electron chi connectivity index (χ4n) is 3.78. The summed E-state index contributed by atoms with van der Waals surface area (Å²) < 4.78 is 32.4. The van der Waals surface area contributed by atoms with Crippen molar-refractivity contribution < 1.29 is 18.1 Å². The quantitative estimate of drug-likeness (QED) is 0.799. The molecule has 1 aromatic heterocycles. The van der Waals surface area contributed by atoms with Gasteiger partial charge in [-0.05, 0) is 19.4 Å². The van der Waals surface area contributed by atoms with Gasteiger partial charge in [0.2, 0.25) is 5.89 Å². The van der Waals surface area contributed by atoms with Gasteiger partial charge in [-0.2, -0.15) is 4.98 Å². The minimum Gasteiger partial charge on any atom is -0.337 e. The highest BCUT2D eigenvalue weighted by atomic mass is 19.2. The molecule has 2 aliphatic rings. The average molecular weight is 377 g/mol. The van der Waals surface area contributed by atoms with Crippen molar-refractivity contribution in [1.29, 1.82) is 0 Å². The monoisotopic (exact) mass is 377 g/mol. The number of benzene rings is 1. The van der Waals surface area contributed by atoms with Crippen LogP contribution in [0, 0.1) is 18.6 Å². The third-order valence-corrected chi connectivity index (χ3v) is 5.14. The number of halogens is 2. The molecule has 2 fully saturated rings. The molecule has 4 rings (SSSR count). The summed E-state index contributed by atoms with van der Waals surface area (Å²) in [5, 5.41) is 3.74. The molecule has 2 amide bonds. The number of aromatic nitrogens is 2. The molecule has 1 atom stereocenters. The number of carbonyl (C=O) groups is 1. The lowest BCUT2D eigenvalue weighted by molar-refractivity contribution is 0.170. The molecule has 2 aromatic rings. The van der Waals surface area contributed by atoms with Crippen molar-refractivity contribution >= 4 is 6.03 Å². The Hall–Kier alpha value is -2.55. The molecule has 144 valence electrons. The molecule has 9 heteroatoms. The van der Waals surface area contributed by atoms with Crippen molar-refractivity contribution in [2.45, 2.75) is 32.5 Å². The predicted octanol–water partition coefficient (Wildman–Crippen LogP) is 2.17. The number of urea groups is 1. The molecule has 2 aliphatic heterocycles. The van der Waals surface area contributed by atoms with Gasteiger partial charge in [-0.25, -0.2) is 13.6 Å². The Morgan fingerprint density at radius 1 is 1.22 bits per heavy atom. The Bertz CT molecular complexity index is 843. The largest absolute Gasteiger partial charge is 0.337 e. The zero-order chi connectivity index (χ0) is 19.0. The van der Waals surface area contributed by atoms with Crippen molar-refractivity contribution in [2.24, 2.45) is 0 Å². The predicted molar refractivity (Wildman–Crippen MR) is 91.6 cm³/mol. The minimum atomic E-state index is -0.829. The first-order valence-electron chi connectivity index (χ1n) is 9.01. The van der Waals surface area contributed by atoms with Gasteiger partial charge in [-0.15, -0.1) is 0 Å². The molecule has 27 heavy (non-hydrogen) atoms. The van der Waals surface area contributed by atoms with Crippen molar-refractivity contribution in [1.82, 2.24) is 24.8 Å². The van der Waals surface area contributed by atoms with E-state index in [4.69, 9.17) is 4.52 Å². The van der Waals surface area contributed by atoms with Crippen LogP contribution < -0.4 is 0 Å². The molecule has 0 unspecified atom stereocenters. The number of rotatable bonds is 5. The van der Waals surface area contributed by atoms with E-state index in [0.717, 1.165) is 19.0 Å². The molecule has 0 saturated carbocycles. The molecule has 0 spiro atoms. The van der Waals surface area contributed by atoms with E-state index in [1.807, 2.05) is 4.90 Å². The number of hydrogen-bond acceptors (Lipinski definition) is 5. The van der Waals surface area contributed by atoms with Gasteiger partial charge in [0.1, 0.15) is 6.54 Å². The second-order valence-corrected chi connectivity index (χ2v) is 7.02. The van der Waals surface area contributed by atoms with Crippen LogP contribution in [0.15, 0.2) is 22.7 Å². The van der Waals surface area contributed by atoms with Gasteiger partial charge in [-0.1, -0.05) is 17.3 Å². The summed E-state index contributed by atoms with van der Waals surface area (Å²) in [6.45, 7) is 5.02. The van der Waals surface area contributed by atoms with E-state index in [0.29, 0.717) is 50.0 Å². The van der Waals surface area contributed by atoms with Gasteiger partial charge < -0.3 is 14.3 Å². The Labute approximate surface area is 155 Å². The first-order valence-corrected chi connectivity index (χ1v) is 9.01. The van der Waals surface area contributed by atoms with Crippen LogP contribution in [-0.4, -0.2) is 63.1 Å². The van der Waals surface area contributed by atoms with Crippen molar-refractivity contribution in [3.05, 3.63) is 47.1 Å². The van der Waals surface area contributed by atoms with E-state index in [-0.39, 0.29) is 12.1 Å². The summed E-state index contributed by atoms with van der Waals surface area (Å²) in [6.07, 6.45) is 0.816. The summed E-state index contributed by atoms with van der Waals surface area (Å²) in [7, 11) is 0. The van der Waals surface area contributed by atoms with E-state index in [9.17, 15) is 13.6 Å². The number of aryl methyl sites for hydroxylation is 1. The molecule has 0 radical (unpaired) electrons. The van der Waals surface area contributed by atoms with E-state index >= 15 is 0 Å². The zero-order valence-electron chi connectivity index (χ0n) is 15.1. The second-order valence-electron chi connectivity index (χ2n) is 7.02. The molecule has 7 nitrogen and oxygen atoms in total. The molecule has 2 saturated heterocycles. The molecular formula is C18H21F2N5O2. The lowest BCUT2D eigenvalue weighted by atomic mass is 10.2. The molecule has 3 heterocycles. The van der Waals surface area contributed by atoms with Crippen LogP contribution in [0.25, 0.3) is 0 Å². The minimum absolute atomic E-state index is 0.0466. The number of amides is 2. The standard InChI is InChI=1S/C18H21F2N5O2/c1-12-21-16(27-22-12)11-24-7-8-25(18(24)26)14-5-6-23(10-14)9-13-3-2-4-15(19)17(13)20/h2-4,14H,5-11H2,1H3/t14-/m0/s1. The van der Waals surface area contributed by atoms with Gasteiger partial charge in [0.05, 0.1) is 0 Å². The average Bonchev–Trinajstić information content (AvgIpc) is 3.35. The maximum Gasteiger partial charge on any atom is 0.320 e. The Balaban J connectivity index is 1.35. The van der Waals surface area contributed by atoms with E-state index in [1.54, 1.807) is 17.9 Å². The maximum absolute atomic E-state index is 13.9. The maximum atomic E-state index is 13.9. The number of likely N-dealkylation sites (tertiary alicyclic amines) is 1. The van der Waals surface area contributed by atoms with Gasteiger partial charge in [-0.3, -0.25) is 4.90 Å². The molecule has 0 bridgehead atoms. The lowest BCUT2D eigenvalue weighted by Gasteiger charge is -2.24. The third kappa shape index (κ3) is 3.64. The normalized spacial score (nSPS) is 20.9. The third-order valence-electron chi connectivity index (χ3n) is 5.14. The summed E-state index contributed by atoms with van der Waals surface area (Å²) >= 11 is 0. The topological polar surface area (TPSA) is 65.7 Å². The van der Waals surface area contributed by atoms with E-state index in [1.165, 1.54) is 6.07 Å². The van der Waals surface area contributed by atoms with Gasteiger partial charge in [0, 0.05) is 44.3 Å². The van der Waals surface area contributed by atoms with Gasteiger partial charge in [0.25, 0.3) is 0 Å². The van der Waals surface area contributed by atoms with Gasteiger partial charge >= 0.3 is 6.03 Å². The highest BCUT2D eigenvalue weighted by Crippen LogP contribution is 2.24. The molecule has 0 N–H and O–H groups in total. The lowest BCUT2D eigenvalue weighted by Crippen LogP contribution is -2.40. The number of hydrogen-bond donors (Lipinski definition) is 0. The van der Waals surface area contributed by atoms with E-state index < -0.39 is 11.6 Å². The highest BCUT2D eigenvalue weighted by molar-refractivity contribution is 5.76. The number of nitrogens with zero attached hydrogens (tertiary/aromatic N) is 5. The fourth-order valence-corrected chi connectivity index (χ4v) is 3.78. The van der Waals surface area contributed by atoms with Crippen LogP contribution in [0.4, 0.5) is 13.6 Å². The van der Waals surface area contributed by atoms with Crippen molar-refractivity contribution in [2.75, 3.05) is 26.2 Å².